The Kier molecular flexibility index (Phi) is 4.16. The summed E-state index contributed by atoms with van der Waals surface area (Å²) in [5.74, 6) is 0. The van der Waals surface area contributed by atoms with Gasteiger partial charge in [0.15, 0.2) is 6.29 Å². The Morgan fingerprint density at radius 1 is 1.35 bits per heavy atom. The standard InChI is InChI=1S/C13H14N2OS/c14-8-10-6-7-11(9-16)15-13(10)17-12-4-2-1-3-5-12/h6-7,9,12H,1-5H2. The quantitative estimate of drug-likeness (QED) is 0.768. The average molecular weight is 246 g/mol. The van der Waals surface area contributed by atoms with E-state index in [1.165, 1.54) is 32.1 Å². The first-order valence-corrected chi connectivity index (χ1v) is 6.74. The van der Waals surface area contributed by atoms with Crippen LogP contribution in [0.1, 0.15) is 48.2 Å². The Bertz CT molecular complexity index is 447. The van der Waals surface area contributed by atoms with Gasteiger partial charge in [0, 0.05) is 5.25 Å². The molecule has 0 spiro atoms. The van der Waals surface area contributed by atoms with E-state index < -0.39 is 0 Å². The molecule has 88 valence electrons. The highest BCUT2D eigenvalue weighted by Gasteiger charge is 2.17. The van der Waals surface area contributed by atoms with Crippen molar-refractivity contribution in [3.8, 4) is 6.07 Å². The number of aromatic nitrogens is 1. The molecule has 0 saturated heterocycles. The normalized spacial score (nSPS) is 16.4. The highest BCUT2D eigenvalue weighted by molar-refractivity contribution is 7.99. The van der Waals surface area contributed by atoms with Crippen LogP contribution < -0.4 is 0 Å². The molecule has 0 amide bonds. The number of pyridine rings is 1. The van der Waals surface area contributed by atoms with Crippen molar-refractivity contribution in [2.24, 2.45) is 0 Å². The fourth-order valence-electron chi connectivity index (χ4n) is 2.04. The van der Waals surface area contributed by atoms with Crippen molar-refractivity contribution in [2.45, 2.75) is 42.4 Å². The van der Waals surface area contributed by atoms with Gasteiger partial charge >= 0.3 is 0 Å². The molecule has 1 aromatic rings. The third kappa shape index (κ3) is 3.07. The zero-order valence-electron chi connectivity index (χ0n) is 9.56. The molecule has 0 N–H and O–H groups in total. The van der Waals surface area contributed by atoms with Crippen LogP contribution in [0.3, 0.4) is 0 Å². The number of nitriles is 1. The summed E-state index contributed by atoms with van der Waals surface area (Å²) >= 11 is 1.65. The van der Waals surface area contributed by atoms with Crippen LogP contribution in [0, 0.1) is 11.3 Å². The van der Waals surface area contributed by atoms with Crippen molar-refractivity contribution < 1.29 is 4.79 Å². The van der Waals surface area contributed by atoms with E-state index in [-0.39, 0.29) is 0 Å². The summed E-state index contributed by atoms with van der Waals surface area (Å²) in [5.41, 5.74) is 0.980. The Morgan fingerprint density at radius 2 is 2.12 bits per heavy atom. The van der Waals surface area contributed by atoms with Crippen molar-refractivity contribution in [1.82, 2.24) is 4.98 Å². The second kappa shape index (κ2) is 5.83. The van der Waals surface area contributed by atoms with Crippen LogP contribution >= 0.6 is 11.8 Å². The molecule has 0 aromatic carbocycles. The molecular formula is C13H14N2OS. The minimum absolute atomic E-state index is 0.405. The molecule has 0 atom stereocenters. The Labute approximate surface area is 105 Å². The van der Waals surface area contributed by atoms with Crippen LogP contribution in [0.15, 0.2) is 17.2 Å². The number of aldehydes is 1. The van der Waals surface area contributed by atoms with E-state index in [0.29, 0.717) is 21.5 Å². The molecule has 0 unspecified atom stereocenters. The number of carbonyl (C=O) groups is 1. The summed E-state index contributed by atoms with van der Waals surface area (Å²) in [7, 11) is 0. The molecule has 3 nitrogen and oxygen atoms in total. The van der Waals surface area contributed by atoms with E-state index >= 15 is 0 Å². The van der Waals surface area contributed by atoms with Gasteiger partial charge in [-0.25, -0.2) is 4.98 Å². The minimum atomic E-state index is 0.405. The van der Waals surface area contributed by atoms with Gasteiger partial charge in [-0.15, -0.1) is 11.8 Å². The number of rotatable bonds is 3. The van der Waals surface area contributed by atoms with Crippen LogP contribution in [0.4, 0.5) is 0 Å². The minimum Gasteiger partial charge on any atom is -0.296 e. The van der Waals surface area contributed by atoms with E-state index in [0.717, 1.165) is 6.29 Å². The second-order valence-electron chi connectivity index (χ2n) is 4.20. The van der Waals surface area contributed by atoms with Crippen LogP contribution in [0.5, 0.6) is 0 Å². The summed E-state index contributed by atoms with van der Waals surface area (Å²) in [6.45, 7) is 0. The maximum atomic E-state index is 10.7. The lowest BCUT2D eigenvalue weighted by atomic mass is 10.0. The third-order valence-electron chi connectivity index (χ3n) is 2.95. The van der Waals surface area contributed by atoms with Crippen molar-refractivity contribution in [2.75, 3.05) is 0 Å². The van der Waals surface area contributed by atoms with Crippen molar-refractivity contribution in [3.05, 3.63) is 23.4 Å². The molecular weight excluding hydrogens is 232 g/mol. The molecule has 1 aromatic heterocycles. The smallest absolute Gasteiger partial charge is 0.168 e. The van der Waals surface area contributed by atoms with Gasteiger partial charge in [-0.3, -0.25) is 4.79 Å². The van der Waals surface area contributed by atoms with E-state index in [9.17, 15) is 4.79 Å². The van der Waals surface area contributed by atoms with Crippen molar-refractivity contribution in [1.29, 1.82) is 5.26 Å². The zero-order valence-corrected chi connectivity index (χ0v) is 10.4. The Balaban J connectivity index is 2.17. The van der Waals surface area contributed by atoms with Crippen LogP contribution in [0.2, 0.25) is 0 Å². The number of hydrogen-bond donors (Lipinski definition) is 0. The first kappa shape index (κ1) is 12.1. The first-order valence-electron chi connectivity index (χ1n) is 5.86. The average Bonchev–Trinajstić information content (AvgIpc) is 2.40. The fourth-order valence-corrected chi connectivity index (χ4v) is 3.32. The third-order valence-corrected chi connectivity index (χ3v) is 4.29. The molecule has 4 heteroatoms. The topological polar surface area (TPSA) is 53.8 Å². The monoisotopic (exact) mass is 246 g/mol. The molecule has 0 radical (unpaired) electrons. The fraction of sp³-hybridized carbons (Fsp3) is 0.462. The highest BCUT2D eigenvalue weighted by atomic mass is 32.2. The van der Waals surface area contributed by atoms with Gasteiger partial charge in [-0.05, 0) is 25.0 Å². The van der Waals surface area contributed by atoms with Crippen LogP contribution in [-0.2, 0) is 0 Å². The number of carbonyl (C=O) groups excluding carboxylic acids is 1. The van der Waals surface area contributed by atoms with Gasteiger partial charge < -0.3 is 0 Å². The lowest BCUT2D eigenvalue weighted by Crippen LogP contribution is -2.09. The van der Waals surface area contributed by atoms with E-state index in [1.54, 1.807) is 23.9 Å². The summed E-state index contributed by atoms with van der Waals surface area (Å²) < 4.78 is 0. The lowest BCUT2D eigenvalue weighted by Gasteiger charge is -2.20. The summed E-state index contributed by atoms with van der Waals surface area (Å²) in [4.78, 5) is 14.9. The van der Waals surface area contributed by atoms with Gasteiger partial charge in [-0.2, -0.15) is 5.26 Å². The number of nitrogens with zero attached hydrogens (tertiary/aromatic N) is 2. The van der Waals surface area contributed by atoms with E-state index in [2.05, 4.69) is 11.1 Å². The summed E-state index contributed by atoms with van der Waals surface area (Å²) in [6.07, 6.45) is 6.92. The zero-order chi connectivity index (χ0) is 12.1. The largest absolute Gasteiger partial charge is 0.296 e. The van der Waals surface area contributed by atoms with Crippen molar-refractivity contribution >= 4 is 18.0 Å². The molecule has 1 aliphatic rings. The van der Waals surface area contributed by atoms with Gasteiger partial charge in [0.25, 0.3) is 0 Å². The Morgan fingerprint density at radius 3 is 2.76 bits per heavy atom. The van der Waals surface area contributed by atoms with Crippen LogP contribution in [-0.4, -0.2) is 16.5 Å². The van der Waals surface area contributed by atoms with E-state index in [1.807, 2.05) is 0 Å². The molecule has 0 aliphatic heterocycles. The molecule has 2 rings (SSSR count). The molecule has 17 heavy (non-hydrogen) atoms. The summed E-state index contributed by atoms with van der Waals surface area (Å²) in [5, 5.41) is 10.3. The van der Waals surface area contributed by atoms with Gasteiger partial charge in [-0.1, -0.05) is 19.3 Å². The molecule has 1 aliphatic carbocycles. The number of hydrogen-bond acceptors (Lipinski definition) is 4. The van der Waals surface area contributed by atoms with Gasteiger partial charge in [0.2, 0.25) is 0 Å². The van der Waals surface area contributed by atoms with Gasteiger partial charge in [0.05, 0.1) is 5.56 Å². The second-order valence-corrected chi connectivity index (χ2v) is 5.49. The molecule has 1 fully saturated rings. The lowest BCUT2D eigenvalue weighted by molar-refractivity contribution is 0.111. The van der Waals surface area contributed by atoms with Gasteiger partial charge in [0.1, 0.15) is 16.8 Å². The van der Waals surface area contributed by atoms with Crippen molar-refractivity contribution in [3.63, 3.8) is 0 Å². The van der Waals surface area contributed by atoms with E-state index in [4.69, 9.17) is 5.26 Å². The molecule has 0 bridgehead atoms. The molecule has 1 heterocycles. The maximum Gasteiger partial charge on any atom is 0.168 e. The summed E-state index contributed by atoms with van der Waals surface area (Å²) in [6, 6.07) is 5.41. The Hall–Kier alpha value is -1.34. The molecule has 1 saturated carbocycles. The number of thioether (sulfide) groups is 1. The highest BCUT2D eigenvalue weighted by Crippen LogP contribution is 2.34. The first-order chi connectivity index (χ1) is 8.33. The SMILES string of the molecule is N#Cc1ccc(C=O)nc1SC1CCCCC1. The predicted molar refractivity (Wildman–Crippen MR) is 67.1 cm³/mol. The van der Waals surface area contributed by atoms with Crippen LogP contribution in [0.25, 0.3) is 0 Å². The maximum absolute atomic E-state index is 10.7. The predicted octanol–water partition coefficient (Wildman–Crippen LogP) is 3.19.